The molecule has 2 atom stereocenters. The molecule has 2 aromatic rings. The number of nitrogens with one attached hydrogen (secondary N) is 1. The lowest BCUT2D eigenvalue weighted by Gasteiger charge is -2.48. The number of fused-ring (bicyclic) bond motifs is 1. The van der Waals surface area contributed by atoms with Crippen LogP contribution in [0.2, 0.25) is 0 Å². The van der Waals surface area contributed by atoms with E-state index in [-0.39, 0.29) is 5.76 Å². The standard InChI is InChI=1S/C23H31N5O2/c1-25-23(26-14-19-9-10-21(30-19)22(24)29)28-13-11-20-18(16-28)8-5-12-27(20)15-17-6-3-2-4-7-17/h2-4,6-7,9-10,18,20H,5,8,11-16H2,1H3,(H2,24,29)(H,25,26). The summed E-state index contributed by atoms with van der Waals surface area (Å²) in [4.78, 5) is 20.7. The molecule has 30 heavy (non-hydrogen) atoms. The molecule has 1 amide bonds. The van der Waals surface area contributed by atoms with Gasteiger partial charge in [0.2, 0.25) is 0 Å². The largest absolute Gasteiger partial charge is 0.454 e. The van der Waals surface area contributed by atoms with Gasteiger partial charge in [-0.3, -0.25) is 14.7 Å². The Balaban J connectivity index is 1.34. The van der Waals surface area contributed by atoms with Crippen LogP contribution in [-0.2, 0) is 13.1 Å². The second kappa shape index (κ2) is 9.34. The molecule has 0 saturated carbocycles. The molecular weight excluding hydrogens is 378 g/mol. The van der Waals surface area contributed by atoms with Crippen LogP contribution in [0.25, 0.3) is 0 Å². The van der Waals surface area contributed by atoms with Gasteiger partial charge in [0.1, 0.15) is 5.76 Å². The minimum atomic E-state index is -0.551. The monoisotopic (exact) mass is 409 g/mol. The van der Waals surface area contributed by atoms with E-state index in [0.29, 0.717) is 24.3 Å². The number of nitrogens with two attached hydrogens (primary N) is 1. The molecule has 3 heterocycles. The van der Waals surface area contributed by atoms with Crippen LogP contribution < -0.4 is 11.1 Å². The molecule has 0 bridgehead atoms. The van der Waals surface area contributed by atoms with Crippen molar-refractivity contribution < 1.29 is 9.21 Å². The van der Waals surface area contributed by atoms with Gasteiger partial charge in [-0.1, -0.05) is 30.3 Å². The maximum absolute atomic E-state index is 11.2. The zero-order valence-corrected chi connectivity index (χ0v) is 17.6. The number of hydrogen-bond acceptors (Lipinski definition) is 4. The van der Waals surface area contributed by atoms with Crippen molar-refractivity contribution in [3.05, 3.63) is 59.5 Å². The Hall–Kier alpha value is -2.80. The molecule has 0 radical (unpaired) electrons. The van der Waals surface area contributed by atoms with Gasteiger partial charge in [0, 0.05) is 32.7 Å². The van der Waals surface area contributed by atoms with Crippen molar-refractivity contribution in [1.29, 1.82) is 0 Å². The van der Waals surface area contributed by atoms with Gasteiger partial charge in [-0.15, -0.1) is 0 Å². The van der Waals surface area contributed by atoms with Crippen LogP contribution in [0.4, 0.5) is 0 Å². The van der Waals surface area contributed by atoms with Crippen LogP contribution in [0.15, 0.2) is 51.9 Å². The van der Waals surface area contributed by atoms with Crippen LogP contribution >= 0.6 is 0 Å². The van der Waals surface area contributed by atoms with E-state index in [4.69, 9.17) is 10.2 Å². The molecular formula is C23H31N5O2. The highest BCUT2D eigenvalue weighted by atomic mass is 16.3. The normalized spacial score (nSPS) is 22.6. The maximum atomic E-state index is 11.2. The van der Waals surface area contributed by atoms with E-state index in [9.17, 15) is 4.79 Å². The topological polar surface area (TPSA) is 87.1 Å². The number of benzene rings is 1. The zero-order valence-electron chi connectivity index (χ0n) is 17.6. The number of carbonyl (C=O) groups excluding carboxylic acids is 1. The van der Waals surface area contributed by atoms with E-state index in [0.717, 1.165) is 32.0 Å². The fourth-order valence-electron chi connectivity index (χ4n) is 4.82. The minimum absolute atomic E-state index is 0.184. The van der Waals surface area contributed by atoms with E-state index < -0.39 is 5.91 Å². The zero-order chi connectivity index (χ0) is 20.9. The van der Waals surface area contributed by atoms with Crippen molar-refractivity contribution in [2.75, 3.05) is 26.7 Å². The first-order valence-corrected chi connectivity index (χ1v) is 10.8. The predicted molar refractivity (Wildman–Crippen MR) is 117 cm³/mol. The number of amides is 1. The first-order chi connectivity index (χ1) is 14.6. The molecule has 2 aliphatic rings. The smallest absolute Gasteiger partial charge is 0.284 e. The van der Waals surface area contributed by atoms with Crippen molar-refractivity contribution in [2.24, 2.45) is 16.6 Å². The molecule has 0 aliphatic carbocycles. The SMILES string of the molecule is CN=C(NCc1ccc(C(N)=O)o1)N1CCC2C(CCCN2Cc2ccccc2)C1. The molecule has 2 fully saturated rings. The third-order valence-electron chi connectivity index (χ3n) is 6.25. The summed E-state index contributed by atoms with van der Waals surface area (Å²) in [6.07, 6.45) is 3.66. The third-order valence-corrected chi connectivity index (χ3v) is 6.25. The van der Waals surface area contributed by atoms with Gasteiger partial charge in [-0.05, 0) is 49.4 Å². The molecule has 0 spiro atoms. The van der Waals surface area contributed by atoms with E-state index in [1.54, 1.807) is 12.1 Å². The number of rotatable bonds is 5. The van der Waals surface area contributed by atoms with Crippen LogP contribution in [0, 0.1) is 5.92 Å². The van der Waals surface area contributed by atoms with Gasteiger partial charge in [-0.2, -0.15) is 0 Å². The van der Waals surface area contributed by atoms with Gasteiger partial charge in [0.25, 0.3) is 5.91 Å². The molecule has 7 heteroatoms. The number of nitrogens with zero attached hydrogens (tertiary/aromatic N) is 3. The van der Waals surface area contributed by atoms with E-state index in [1.807, 2.05) is 7.05 Å². The van der Waals surface area contributed by atoms with Crippen molar-refractivity contribution in [3.8, 4) is 0 Å². The maximum Gasteiger partial charge on any atom is 0.284 e. The highest BCUT2D eigenvalue weighted by molar-refractivity contribution is 5.89. The highest BCUT2D eigenvalue weighted by Crippen LogP contribution is 2.31. The lowest BCUT2D eigenvalue weighted by molar-refractivity contribution is 0.0372. The Morgan fingerprint density at radius 3 is 2.77 bits per heavy atom. The van der Waals surface area contributed by atoms with Crippen LogP contribution in [0.5, 0.6) is 0 Å². The van der Waals surface area contributed by atoms with Crippen molar-refractivity contribution in [3.63, 3.8) is 0 Å². The van der Waals surface area contributed by atoms with Gasteiger partial charge < -0.3 is 20.4 Å². The third kappa shape index (κ3) is 4.67. The first kappa shape index (κ1) is 20.5. The quantitative estimate of drug-likeness (QED) is 0.585. The number of carbonyl (C=O) groups is 1. The molecule has 160 valence electrons. The van der Waals surface area contributed by atoms with Crippen LogP contribution in [0.3, 0.4) is 0 Å². The average Bonchev–Trinajstić information content (AvgIpc) is 3.24. The van der Waals surface area contributed by atoms with Crippen molar-refractivity contribution in [1.82, 2.24) is 15.1 Å². The molecule has 2 aliphatic heterocycles. The lowest BCUT2D eigenvalue weighted by Crippen LogP contribution is -2.56. The van der Waals surface area contributed by atoms with E-state index in [1.165, 1.54) is 24.9 Å². The van der Waals surface area contributed by atoms with E-state index >= 15 is 0 Å². The Bertz CT molecular complexity index is 879. The Kier molecular flexibility index (Phi) is 6.38. The van der Waals surface area contributed by atoms with E-state index in [2.05, 4.69) is 50.4 Å². The Morgan fingerprint density at radius 2 is 2.03 bits per heavy atom. The summed E-state index contributed by atoms with van der Waals surface area (Å²) < 4.78 is 5.47. The van der Waals surface area contributed by atoms with Crippen LogP contribution in [-0.4, -0.2) is 54.4 Å². The number of hydrogen-bond donors (Lipinski definition) is 2. The number of guanidine groups is 1. The Morgan fingerprint density at radius 1 is 1.20 bits per heavy atom. The summed E-state index contributed by atoms with van der Waals surface area (Å²) in [6.45, 7) is 4.70. The first-order valence-electron chi connectivity index (χ1n) is 10.8. The highest BCUT2D eigenvalue weighted by Gasteiger charge is 2.36. The number of aliphatic imine (C=N–C) groups is 1. The summed E-state index contributed by atoms with van der Waals surface area (Å²) in [7, 11) is 1.81. The molecule has 1 aromatic heterocycles. The molecule has 1 aromatic carbocycles. The number of piperidine rings is 2. The fraction of sp³-hybridized carbons (Fsp3) is 0.478. The van der Waals surface area contributed by atoms with Gasteiger partial charge >= 0.3 is 0 Å². The molecule has 2 unspecified atom stereocenters. The summed E-state index contributed by atoms with van der Waals surface area (Å²) in [5.41, 5.74) is 6.65. The second-order valence-electron chi connectivity index (χ2n) is 8.19. The second-order valence-corrected chi connectivity index (χ2v) is 8.19. The number of primary amides is 1. The molecule has 3 N–H and O–H groups in total. The summed E-state index contributed by atoms with van der Waals surface area (Å²) in [6, 6.07) is 14.8. The summed E-state index contributed by atoms with van der Waals surface area (Å²) in [5, 5.41) is 3.37. The number of furan rings is 1. The Labute approximate surface area is 177 Å². The predicted octanol–water partition coefficient (Wildman–Crippen LogP) is 2.44. The van der Waals surface area contributed by atoms with Crippen molar-refractivity contribution >= 4 is 11.9 Å². The minimum Gasteiger partial charge on any atom is -0.454 e. The fourth-order valence-corrected chi connectivity index (χ4v) is 4.82. The van der Waals surface area contributed by atoms with Gasteiger partial charge in [0.05, 0.1) is 6.54 Å². The lowest BCUT2D eigenvalue weighted by atomic mass is 9.83. The number of likely N-dealkylation sites (tertiary alicyclic amines) is 2. The summed E-state index contributed by atoms with van der Waals surface area (Å²) in [5.74, 6) is 1.84. The van der Waals surface area contributed by atoms with Crippen molar-refractivity contribution in [2.45, 2.75) is 38.4 Å². The van der Waals surface area contributed by atoms with Crippen LogP contribution in [0.1, 0.15) is 41.1 Å². The van der Waals surface area contributed by atoms with Gasteiger partial charge in [0.15, 0.2) is 11.7 Å². The van der Waals surface area contributed by atoms with Gasteiger partial charge in [-0.25, -0.2) is 0 Å². The molecule has 7 nitrogen and oxygen atoms in total. The summed E-state index contributed by atoms with van der Waals surface area (Å²) >= 11 is 0. The molecule has 2 saturated heterocycles. The molecule has 4 rings (SSSR count). The average molecular weight is 410 g/mol.